The molecule has 0 amide bonds. The van der Waals surface area contributed by atoms with Crippen molar-refractivity contribution in [2.45, 2.75) is 47.0 Å². The van der Waals surface area contributed by atoms with E-state index in [1.54, 1.807) is 0 Å². The van der Waals surface area contributed by atoms with E-state index in [4.69, 9.17) is 0 Å². The number of benzene rings is 1. The number of aryl methyl sites for hydroxylation is 1. The van der Waals surface area contributed by atoms with Gasteiger partial charge in [0.1, 0.15) is 0 Å². The van der Waals surface area contributed by atoms with E-state index in [0.717, 1.165) is 24.9 Å². The molecule has 0 saturated heterocycles. The predicted molar refractivity (Wildman–Crippen MR) is 82.7 cm³/mol. The van der Waals surface area contributed by atoms with Crippen molar-refractivity contribution in [3.05, 3.63) is 35.9 Å². The van der Waals surface area contributed by atoms with Crippen LogP contribution in [0.5, 0.6) is 0 Å². The maximum Gasteiger partial charge on any atom is 0.0703 e. The second-order valence-corrected chi connectivity index (χ2v) is 4.96. The van der Waals surface area contributed by atoms with Crippen LogP contribution in [0.2, 0.25) is 0 Å². The Morgan fingerprint density at radius 2 is 2.11 bits per heavy atom. The highest BCUT2D eigenvalue weighted by molar-refractivity contribution is 5.77. The van der Waals surface area contributed by atoms with Gasteiger partial charge >= 0.3 is 0 Å². The monoisotopic (exact) mass is 243 g/mol. The lowest BCUT2D eigenvalue weighted by Gasteiger charge is -2.15. The lowest BCUT2D eigenvalue weighted by Crippen LogP contribution is -1.96. The molecule has 1 heteroatoms. The van der Waals surface area contributed by atoms with Crippen molar-refractivity contribution < 1.29 is 0 Å². The standard InChI is InChI=1S/C17H25N/c1-6-8-11-18-17-12-13(3)9-10-16(17)15(5)14(4)7-2/h9-12,14H,5-8H2,1-4H3. The molecule has 1 rings (SSSR count). The number of allylic oxidation sites excluding steroid dienone is 1. The average Bonchev–Trinajstić information content (AvgIpc) is 2.37. The molecule has 0 N–H and O–H groups in total. The Labute approximate surface area is 112 Å². The van der Waals surface area contributed by atoms with Gasteiger partial charge in [-0.15, -0.1) is 0 Å². The zero-order chi connectivity index (χ0) is 13.5. The fourth-order valence-corrected chi connectivity index (χ4v) is 1.82. The van der Waals surface area contributed by atoms with E-state index in [0.29, 0.717) is 5.92 Å². The molecule has 1 unspecified atom stereocenters. The molecule has 1 aromatic carbocycles. The summed E-state index contributed by atoms with van der Waals surface area (Å²) in [6.07, 6.45) is 5.30. The van der Waals surface area contributed by atoms with E-state index >= 15 is 0 Å². The van der Waals surface area contributed by atoms with Gasteiger partial charge in [-0.05, 0) is 42.9 Å². The Kier molecular flexibility index (Phi) is 5.84. The van der Waals surface area contributed by atoms with E-state index in [1.165, 1.54) is 16.7 Å². The molecular formula is C17H25N. The molecule has 98 valence electrons. The summed E-state index contributed by atoms with van der Waals surface area (Å²) >= 11 is 0. The molecule has 0 aliphatic heterocycles. The van der Waals surface area contributed by atoms with E-state index in [9.17, 15) is 0 Å². The lowest BCUT2D eigenvalue weighted by molar-refractivity contribution is 0.719. The minimum atomic E-state index is 0.507. The summed E-state index contributed by atoms with van der Waals surface area (Å²) in [5.41, 5.74) is 4.71. The number of unbranched alkanes of at least 4 members (excludes halogenated alkanes) is 1. The molecular weight excluding hydrogens is 218 g/mol. The highest BCUT2D eigenvalue weighted by Crippen LogP contribution is 2.32. The first-order valence-electron chi connectivity index (χ1n) is 6.92. The Bertz CT molecular complexity index is 429. The van der Waals surface area contributed by atoms with Crippen LogP contribution in [-0.2, 0) is 0 Å². The van der Waals surface area contributed by atoms with Gasteiger partial charge in [-0.2, -0.15) is 0 Å². The minimum absolute atomic E-state index is 0.507. The molecule has 0 spiro atoms. The van der Waals surface area contributed by atoms with E-state index in [2.05, 4.69) is 57.5 Å². The first-order valence-corrected chi connectivity index (χ1v) is 6.92. The van der Waals surface area contributed by atoms with Crippen LogP contribution in [0.1, 0.15) is 51.2 Å². The van der Waals surface area contributed by atoms with Crippen molar-refractivity contribution in [2.75, 3.05) is 0 Å². The topological polar surface area (TPSA) is 12.4 Å². The summed E-state index contributed by atoms with van der Waals surface area (Å²) in [5, 5.41) is 0. The fraction of sp³-hybridized carbons (Fsp3) is 0.471. The van der Waals surface area contributed by atoms with Gasteiger partial charge in [-0.25, -0.2) is 0 Å². The van der Waals surface area contributed by atoms with Gasteiger partial charge in [0.05, 0.1) is 5.69 Å². The highest BCUT2D eigenvalue weighted by Gasteiger charge is 2.10. The van der Waals surface area contributed by atoms with Crippen molar-refractivity contribution in [3.63, 3.8) is 0 Å². The predicted octanol–water partition coefficient (Wildman–Crippen LogP) is 5.56. The maximum absolute atomic E-state index is 4.61. The Morgan fingerprint density at radius 1 is 1.39 bits per heavy atom. The summed E-state index contributed by atoms with van der Waals surface area (Å²) in [7, 11) is 0. The van der Waals surface area contributed by atoms with Crippen LogP contribution in [0.4, 0.5) is 5.69 Å². The van der Waals surface area contributed by atoms with Gasteiger partial charge in [-0.3, -0.25) is 4.99 Å². The Hall–Kier alpha value is -1.37. The molecule has 0 saturated carbocycles. The third-order valence-electron chi connectivity index (χ3n) is 3.35. The Balaban J connectivity index is 3.07. The summed E-state index contributed by atoms with van der Waals surface area (Å²) in [6.45, 7) is 12.9. The van der Waals surface area contributed by atoms with Crippen LogP contribution in [0, 0.1) is 12.8 Å². The van der Waals surface area contributed by atoms with Gasteiger partial charge < -0.3 is 0 Å². The summed E-state index contributed by atoms with van der Waals surface area (Å²) in [5.74, 6) is 0.507. The zero-order valence-electron chi connectivity index (χ0n) is 12.2. The second kappa shape index (κ2) is 7.15. The summed E-state index contributed by atoms with van der Waals surface area (Å²) in [4.78, 5) is 4.61. The van der Waals surface area contributed by atoms with Crippen molar-refractivity contribution in [1.82, 2.24) is 0 Å². The van der Waals surface area contributed by atoms with Crippen molar-refractivity contribution in [2.24, 2.45) is 10.9 Å². The molecule has 0 radical (unpaired) electrons. The van der Waals surface area contributed by atoms with E-state index < -0.39 is 0 Å². The van der Waals surface area contributed by atoms with Gasteiger partial charge in [0.15, 0.2) is 0 Å². The van der Waals surface area contributed by atoms with Crippen LogP contribution >= 0.6 is 0 Å². The molecule has 0 bridgehead atoms. The number of nitrogens with zero attached hydrogens (tertiary/aromatic N) is 1. The highest BCUT2D eigenvalue weighted by atomic mass is 14.7. The molecule has 1 atom stereocenters. The van der Waals surface area contributed by atoms with Crippen LogP contribution in [-0.4, -0.2) is 6.21 Å². The molecule has 0 fully saturated rings. The molecule has 18 heavy (non-hydrogen) atoms. The third-order valence-corrected chi connectivity index (χ3v) is 3.35. The second-order valence-electron chi connectivity index (χ2n) is 4.96. The molecule has 1 nitrogen and oxygen atoms in total. The van der Waals surface area contributed by atoms with Crippen LogP contribution in [0.15, 0.2) is 29.8 Å². The van der Waals surface area contributed by atoms with Gasteiger partial charge in [0.25, 0.3) is 0 Å². The minimum Gasteiger partial charge on any atom is -0.261 e. The van der Waals surface area contributed by atoms with Crippen LogP contribution in [0.25, 0.3) is 5.57 Å². The normalized spacial score (nSPS) is 12.9. The SMILES string of the molecule is C=C(c1ccc(C)cc1N=CCCC)C(C)CC. The lowest BCUT2D eigenvalue weighted by atomic mass is 9.92. The number of rotatable bonds is 6. The van der Waals surface area contributed by atoms with Crippen molar-refractivity contribution in [1.29, 1.82) is 0 Å². The van der Waals surface area contributed by atoms with Crippen molar-refractivity contribution >= 4 is 17.5 Å². The zero-order valence-corrected chi connectivity index (χ0v) is 12.2. The maximum atomic E-state index is 4.61. The molecule has 0 aromatic heterocycles. The quantitative estimate of drug-likeness (QED) is 0.580. The average molecular weight is 243 g/mol. The largest absolute Gasteiger partial charge is 0.261 e. The van der Waals surface area contributed by atoms with E-state index in [-0.39, 0.29) is 0 Å². The van der Waals surface area contributed by atoms with Gasteiger partial charge in [0.2, 0.25) is 0 Å². The number of hydrogen-bond acceptors (Lipinski definition) is 1. The fourth-order valence-electron chi connectivity index (χ4n) is 1.82. The molecule has 1 aromatic rings. The molecule has 0 aliphatic rings. The third kappa shape index (κ3) is 3.83. The first kappa shape index (κ1) is 14.7. The molecule has 0 aliphatic carbocycles. The molecule has 0 heterocycles. The first-order chi connectivity index (χ1) is 8.60. The van der Waals surface area contributed by atoms with E-state index in [1.807, 2.05) is 6.21 Å². The van der Waals surface area contributed by atoms with Gasteiger partial charge in [0, 0.05) is 11.8 Å². The number of hydrogen-bond donors (Lipinski definition) is 0. The van der Waals surface area contributed by atoms with Gasteiger partial charge in [-0.1, -0.05) is 45.9 Å². The Morgan fingerprint density at radius 3 is 2.72 bits per heavy atom. The van der Waals surface area contributed by atoms with Crippen LogP contribution < -0.4 is 0 Å². The van der Waals surface area contributed by atoms with Crippen LogP contribution in [0.3, 0.4) is 0 Å². The van der Waals surface area contributed by atoms with Crippen molar-refractivity contribution in [3.8, 4) is 0 Å². The number of aliphatic imine (C=N–C) groups is 1. The summed E-state index contributed by atoms with van der Waals surface area (Å²) < 4.78 is 0. The smallest absolute Gasteiger partial charge is 0.0703 e. The summed E-state index contributed by atoms with van der Waals surface area (Å²) in [6, 6.07) is 6.44.